The number of nitrogens with zero attached hydrogens (tertiary/aromatic N) is 2. The first-order valence-corrected chi connectivity index (χ1v) is 10.8. The molecule has 0 radical (unpaired) electrons. The van der Waals surface area contributed by atoms with E-state index >= 15 is 0 Å². The molecule has 6 rings (SSSR count). The number of likely N-dealkylation sites (tertiary alicyclic amines) is 1. The molecule has 1 unspecified atom stereocenters. The highest BCUT2D eigenvalue weighted by molar-refractivity contribution is 6.02. The van der Waals surface area contributed by atoms with Gasteiger partial charge in [0.1, 0.15) is 0 Å². The van der Waals surface area contributed by atoms with E-state index < -0.39 is 0 Å². The Balaban J connectivity index is 1.24. The Hall–Kier alpha value is -2.65. The lowest BCUT2D eigenvalue weighted by atomic mass is 9.75. The molecule has 3 nitrogen and oxygen atoms in total. The summed E-state index contributed by atoms with van der Waals surface area (Å²) < 4.78 is 0. The number of benzene rings is 3. The summed E-state index contributed by atoms with van der Waals surface area (Å²) in [5.74, 6) is 0.278. The summed E-state index contributed by atoms with van der Waals surface area (Å²) in [6, 6.07) is 22.4. The lowest BCUT2D eigenvalue weighted by Crippen LogP contribution is -2.67. The Morgan fingerprint density at radius 1 is 0.931 bits per heavy atom. The smallest absolute Gasteiger partial charge is 0.229 e. The largest absolute Gasteiger partial charge is 0.306 e. The van der Waals surface area contributed by atoms with Crippen molar-refractivity contribution >= 4 is 22.4 Å². The summed E-state index contributed by atoms with van der Waals surface area (Å²) in [7, 11) is 0. The van der Waals surface area contributed by atoms with Crippen LogP contribution in [-0.4, -0.2) is 29.4 Å². The third-order valence-corrected chi connectivity index (χ3v) is 7.46. The quantitative estimate of drug-likeness (QED) is 0.581. The number of anilines is 1. The predicted octanol–water partition coefficient (Wildman–Crippen LogP) is 5.02. The zero-order valence-electron chi connectivity index (χ0n) is 16.9. The standard InChI is InChI=1S/C26H26N2O/c1-18-8-10-21(11-9-18)28-24(29)17-26(28)12-14-27(15-13-26)23-16-20-6-2-4-19-5-3-7-22(23)25(19)20/h2-11,23H,12-17H2,1H3. The fourth-order valence-corrected chi connectivity index (χ4v) is 5.92. The first kappa shape index (κ1) is 17.2. The maximum Gasteiger partial charge on any atom is 0.229 e. The van der Waals surface area contributed by atoms with Gasteiger partial charge in [-0.15, -0.1) is 0 Å². The van der Waals surface area contributed by atoms with Gasteiger partial charge in [0, 0.05) is 24.8 Å². The number of carbonyl (C=O) groups excluding carboxylic acids is 1. The minimum Gasteiger partial charge on any atom is -0.306 e. The summed E-state index contributed by atoms with van der Waals surface area (Å²) in [6.07, 6.45) is 3.95. The molecular weight excluding hydrogens is 356 g/mol. The molecule has 2 heterocycles. The van der Waals surface area contributed by atoms with Crippen molar-refractivity contribution in [3.05, 3.63) is 77.4 Å². The topological polar surface area (TPSA) is 23.6 Å². The van der Waals surface area contributed by atoms with Crippen LogP contribution in [0.2, 0.25) is 0 Å². The Morgan fingerprint density at radius 2 is 1.66 bits per heavy atom. The second-order valence-corrected chi connectivity index (χ2v) is 9.08. The molecule has 0 saturated carbocycles. The van der Waals surface area contributed by atoms with Gasteiger partial charge in [0.2, 0.25) is 5.91 Å². The fourth-order valence-electron chi connectivity index (χ4n) is 5.92. The lowest BCUT2D eigenvalue weighted by Gasteiger charge is -2.56. The van der Waals surface area contributed by atoms with Crippen LogP contribution < -0.4 is 4.90 Å². The maximum atomic E-state index is 12.5. The van der Waals surface area contributed by atoms with Gasteiger partial charge in [0.05, 0.1) is 12.0 Å². The summed E-state index contributed by atoms with van der Waals surface area (Å²) in [4.78, 5) is 17.3. The van der Waals surface area contributed by atoms with Gasteiger partial charge in [-0.3, -0.25) is 9.69 Å². The number of amides is 1. The SMILES string of the molecule is Cc1ccc(N2C(=O)CC23CCN(C2Cc4cccc5cccc2c45)CC3)cc1. The van der Waals surface area contributed by atoms with Crippen molar-refractivity contribution in [1.82, 2.24) is 4.90 Å². The maximum absolute atomic E-state index is 12.5. The minimum absolute atomic E-state index is 0.0281. The Labute approximate surface area is 171 Å². The van der Waals surface area contributed by atoms with Crippen LogP contribution >= 0.6 is 0 Å². The van der Waals surface area contributed by atoms with Crippen molar-refractivity contribution in [2.24, 2.45) is 0 Å². The molecule has 1 atom stereocenters. The van der Waals surface area contributed by atoms with E-state index in [-0.39, 0.29) is 11.4 Å². The summed E-state index contributed by atoms with van der Waals surface area (Å²) in [5, 5.41) is 2.84. The van der Waals surface area contributed by atoms with Crippen LogP contribution in [-0.2, 0) is 11.2 Å². The third kappa shape index (κ3) is 2.50. The zero-order chi connectivity index (χ0) is 19.6. The van der Waals surface area contributed by atoms with Gasteiger partial charge in [-0.25, -0.2) is 0 Å². The summed E-state index contributed by atoms with van der Waals surface area (Å²) >= 11 is 0. The van der Waals surface area contributed by atoms with Gasteiger partial charge in [0.15, 0.2) is 0 Å². The third-order valence-electron chi connectivity index (χ3n) is 7.46. The van der Waals surface area contributed by atoms with E-state index in [1.807, 2.05) is 0 Å². The first-order valence-electron chi connectivity index (χ1n) is 10.8. The summed E-state index contributed by atoms with van der Waals surface area (Å²) in [6.45, 7) is 4.21. The van der Waals surface area contributed by atoms with Crippen LogP contribution in [0.1, 0.15) is 42.0 Å². The van der Waals surface area contributed by atoms with Crippen molar-refractivity contribution in [3.8, 4) is 0 Å². The normalized spacial score (nSPS) is 23.0. The van der Waals surface area contributed by atoms with E-state index in [0.717, 1.165) is 38.0 Å². The average Bonchev–Trinajstić information content (AvgIpc) is 3.11. The van der Waals surface area contributed by atoms with Gasteiger partial charge >= 0.3 is 0 Å². The van der Waals surface area contributed by atoms with Crippen molar-refractivity contribution in [2.75, 3.05) is 18.0 Å². The van der Waals surface area contributed by atoms with E-state index in [1.54, 1.807) is 0 Å². The van der Waals surface area contributed by atoms with Crippen LogP contribution in [0, 0.1) is 6.92 Å². The van der Waals surface area contributed by atoms with Crippen molar-refractivity contribution in [1.29, 1.82) is 0 Å². The van der Waals surface area contributed by atoms with E-state index in [9.17, 15) is 4.79 Å². The molecule has 2 saturated heterocycles. The zero-order valence-corrected chi connectivity index (χ0v) is 16.9. The molecule has 1 spiro atoms. The molecule has 0 aromatic heterocycles. The second kappa shape index (κ2) is 6.17. The molecule has 3 aromatic carbocycles. The molecule has 3 aromatic rings. The van der Waals surface area contributed by atoms with Crippen LogP contribution in [0.3, 0.4) is 0 Å². The Kier molecular flexibility index (Phi) is 3.67. The number of rotatable bonds is 2. The van der Waals surface area contributed by atoms with Gasteiger partial charge in [-0.1, -0.05) is 54.1 Å². The number of piperidine rings is 1. The predicted molar refractivity (Wildman–Crippen MR) is 117 cm³/mol. The van der Waals surface area contributed by atoms with E-state index in [1.165, 1.54) is 27.5 Å². The molecule has 3 aliphatic rings. The van der Waals surface area contributed by atoms with Gasteiger partial charge in [-0.05, 0) is 60.2 Å². The number of carbonyl (C=O) groups is 1. The molecule has 0 N–H and O–H groups in total. The van der Waals surface area contributed by atoms with E-state index in [2.05, 4.69) is 77.4 Å². The molecule has 1 aliphatic carbocycles. The van der Waals surface area contributed by atoms with Crippen LogP contribution in [0.15, 0.2) is 60.7 Å². The highest BCUT2D eigenvalue weighted by Crippen LogP contribution is 2.47. The highest BCUT2D eigenvalue weighted by Gasteiger charge is 2.53. The molecule has 3 heteroatoms. The number of hydrogen-bond donors (Lipinski definition) is 0. The van der Waals surface area contributed by atoms with E-state index in [4.69, 9.17) is 0 Å². The Morgan fingerprint density at radius 3 is 2.38 bits per heavy atom. The number of aryl methyl sites for hydroxylation is 1. The van der Waals surface area contributed by atoms with Crippen molar-refractivity contribution < 1.29 is 4.79 Å². The van der Waals surface area contributed by atoms with Gasteiger partial charge in [0.25, 0.3) is 0 Å². The minimum atomic E-state index is 0.0281. The van der Waals surface area contributed by atoms with Crippen molar-refractivity contribution in [2.45, 2.75) is 44.2 Å². The molecule has 29 heavy (non-hydrogen) atoms. The average molecular weight is 383 g/mol. The monoisotopic (exact) mass is 382 g/mol. The molecule has 2 aliphatic heterocycles. The van der Waals surface area contributed by atoms with Gasteiger partial charge < -0.3 is 4.90 Å². The molecular formula is C26H26N2O. The Bertz CT molecular complexity index is 1100. The van der Waals surface area contributed by atoms with E-state index in [0.29, 0.717) is 12.5 Å². The molecule has 146 valence electrons. The number of β-lactam (4-membered cyclic amide) rings is 1. The molecule has 1 amide bonds. The first-order chi connectivity index (χ1) is 14.1. The second-order valence-electron chi connectivity index (χ2n) is 9.08. The summed E-state index contributed by atoms with van der Waals surface area (Å²) in [5.41, 5.74) is 5.32. The highest BCUT2D eigenvalue weighted by atomic mass is 16.2. The molecule has 2 fully saturated rings. The van der Waals surface area contributed by atoms with Crippen LogP contribution in [0.5, 0.6) is 0 Å². The fraction of sp³-hybridized carbons (Fsp3) is 0.346. The van der Waals surface area contributed by atoms with Crippen LogP contribution in [0.4, 0.5) is 5.69 Å². The van der Waals surface area contributed by atoms with Gasteiger partial charge in [-0.2, -0.15) is 0 Å². The molecule has 0 bridgehead atoms. The van der Waals surface area contributed by atoms with Crippen LogP contribution in [0.25, 0.3) is 10.8 Å². The van der Waals surface area contributed by atoms with Crippen molar-refractivity contribution in [3.63, 3.8) is 0 Å². The number of hydrogen-bond acceptors (Lipinski definition) is 2. The lowest BCUT2D eigenvalue weighted by molar-refractivity contribution is -0.129.